The Morgan fingerprint density at radius 2 is 2.09 bits per heavy atom. The average Bonchev–Trinajstić information content (AvgIpc) is 2.88. The Bertz CT molecular complexity index is 840. The van der Waals surface area contributed by atoms with E-state index in [1.54, 1.807) is 17.7 Å². The quantitative estimate of drug-likeness (QED) is 0.674. The summed E-state index contributed by atoms with van der Waals surface area (Å²) in [6.07, 6.45) is 5.10. The number of hydrogen-bond donors (Lipinski definition) is 0. The van der Waals surface area contributed by atoms with Crippen molar-refractivity contribution in [3.05, 3.63) is 46.6 Å². The van der Waals surface area contributed by atoms with Crippen molar-refractivity contribution in [3.63, 3.8) is 0 Å². The number of nitrogens with zero attached hydrogens (tertiary/aromatic N) is 2. The summed E-state index contributed by atoms with van der Waals surface area (Å²) in [7, 11) is 0. The molecule has 2 heterocycles. The summed E-state index contributed by atoms with van der Waals surface area (Å²) in [6.45, 7) is 4.38. The lowest BCUT2D eigenvalue weighted by atomic mass is 9.89. The molecule has 0 unspecified atom stereocenters. The highest BCUT2D eigenvalue weighted by atomic mass is 32.1. The van der Waals surface area contributed by atoms with E-state index in [1.807, 2.05) is 18.2 Å². The van der Waals surface area contributed by atoms with Gasteiger partial charge in [0.1, 0.15) is 16.9 Å². The van der Waals surface area contributed by atoms with Crippen molar-refractivity contribution in [1.82, 2.24) is 9.97 Å². The van der Waals surface area contributed by atoms with Gasteiger partial charge in [0.25, 0.3) is 0 Å². The maximum atomic E-state index is 6.13. The molecule has 0 bridgehead atoms. The van der Waals surface area contributed by atoms with Crippen LogP contribution in [0.1, 0.15) is 29.3 Å². The predicted molar refractivity (Wildman–Crippen MR) is 89.9 cm³/mol. The smallest absolute Gasteiger partial charge is 0.231 e. The number of para-hydroxylation sites is 1. The fraction of sp³-hybridized carbons (Fsp3) is 0.333. The van der Waals surface area contributed by atoms with Crippen molar-refractivity contribution in [2.45, 2.75) is 33.1 Å². The van der Waals surface area contributed by atoms with E-state index in [0.717, 1.165) is 40.3 Å². The van der Waals surface area contributed by atoms with Gasteiger partial charge in [-0.1, -0.05) is 25.1 Å². The zero-order chi connectivity index (χ0) is 15.1. The summed E-state index contributed by atoms with van der Waals surface area (Å²) >= 11 is 1.80. The van der Waals surface area contributed by atoms with Gasteiger partial charge in [-0.25, -0.2) is 9.97 Å². The first kappa shape index (κ1) is 13.7. The Kier molecular flexibility index (Phi) is 3.34. The van der Waals surface area contributed by atoms with Gasteiger partial charge in [-0.2, -0.15) is 0 Å². The number of aromatic nitrogens is 2. The maximum absolute atomic E-state index is 6.13. The minimum absolute atomic E-state index is 0.700. The average molecular weight is 310 g/mol. The van der Waals surface area contributed by atoms with Crippen molar-refractivity contribution >= 4 is 21.6 Å². The Balaban J connectivity index is 1.83. The van der Waals surface area contributed by atoms with Crippen molar-refractivity contribution in [2.75, 3.05) is 0 Å². The third-order valence-corrected chi connectivity index (χ3v) is 5.52. The van der Waals surface area contributed by atoms with Gasteiger partial charge in [0.2, 0.25) is 5.88 Å². The Morgan fingerprint density at radius 3 is 2.95 bits per heavy atom. The highest BCUT2D eigenvalue weighted by Gasteiger charge is 2.23. The molecule has 1 atom stereocenters. The lowest BCUT2D eigenvalue weighted by Crippen LogP contribution is -2.08. The monoisotopic (exact) mass is 310 g/mol. The van der Waals surface area contributed by atoms with E-state index in [2.05, 4.69) is 29.9 Å². The highest BCUT2D eigenvalue weighted by Crippen LogP contribution is 2.41. The van der Waals surface area contributed by atoms with Gasteiger partial charge in [0.05, 0.1) is 5.39 Å². The lowest BCUT2D eigenvalue weighted by molar-refractivity contribution is 0.463. The van der Waals surface area contributed by atoms with Crippen LogP contribution < -0.4 is 4.74 Å². The van der Waals surface area contributed by atoms with E-state index >= 15 is 0 Å². The van der Waals surface area contributed by atoms with Gasteiger partial charge in [0.15, 0.2) is 0 Å². The SMILES string of the molecule is Cc1ccccc1Oc1ncnc2sc3c(c12)CC[C@H](C)C3. The third kappa shape index (κ3) is 2.28. The molecule has 3 nitrogen and oxygen atoms in total. The molecule has 112 valence electrons. The molecule has 22 heavy (non-hydrogen) atoms. The highest BCUT2D eigenvalue weighted by molar-refractivity contribution is 7.18. The van der Waals surface area contributed by atoms with E-state index in [9.17, 15) is 0 Å². The lowest BCUT2D eigenvalue weighted by Gasteiger charge is -2.18. The van der Waals surface area contributed by atoms with Crippen LogP contribution >= 0.6 is 11.3 Å². The number of rotatable bonds is 2. The van der Waals surface area contributed by atoms with E-state index < -0.39 is 0 Å². The second-order valence-electron chi connectivity index (χ2n) is 6.08. The summed E-state index contributed by atoms with van der Waals surface area (Å²) in [6, 6.07) is 8.06. The first-order valence-corrected chi connectivity index (χ1v) is 8.52. The molecule has 2 aromatic heterocycles. The maximum Gasteiger partial charge on any atom is 0.231 e. The zero-order valence-electron chi connectivity index (χ0n) is 12.8. The van der Waals surface area contributed by atoms with Gasteiger partial charge < -0.3 is 4.74 Å². The zero-order valence-corrected chi connectivity index (χ0v) is 13.6. The number of thiophene rings is 1. The molecule has 0 saturated heterocycles. The Hall–Kier alpha value is -1.94. The molecule has 0 aliphatic heterocycles. The number of hydrogen-bond acceptors (Lipinski definition) is 4. The molecule has 0 spiro atoms. The molecule has 1 aliphatic carbocycles. The van der Waals surface area contributed by atoms with Crippen LogP contribution in [0, 0.1) is 12.8 Å². The molecule has 0 N–H and O–H groups in total. The van der Waals surface area contributed by atoms with E-state index in [0.29, 0.717) is 5.88 Å². The van der Waals surface area contributed by atoms with Crippen LogP contribution in [0.5, 0.6) is 11.6 Å². The van der Waals surface area contributed by atoms with E-state index in [-0.39, 0.29) is 0 Å². The minimum Gasteiger partial charge on any atom is -0.438 e. The summed E-state index contributed by atoms with van der Waals surface area (Å²) in [5.74, 6) is 2.33. The molecule has 1 aliphatic rings. The molecule has 1 aromatic carbocycles. The molecule has 0 fully saturated rings. The minimum atomic E-state index is 0.700. The van der Waals surface area contributed by atoms with Crippen LogP contribution in [0.3, 0.4) is 0 Å². The Labute approximate surface area is 134 Å². The van der Waals surface area contributed by atoms with Gasteiger partial charge in [-0.3, -0.25) is 0 Å². The Morgan fingerprint density at radius 1 is 1.23 bits per heavy atom. The van der Waals surface area contributed by atoms with E-state index in [4.69, 9.17) is 4.74 Å². The largest absolute Gasteiger partial charge is 0.438 e. The summed E-state index contributed by atoms with van der Waals surface area (Å²) in [4.78, 5) is 11.4. The van der Waals surface area contributed by atoms with Crippen LogP contribution in [0.15, 0.2) is 30.6 Å². The molecule has 4 heteroatoms. The summed E-state index contributed by atoms with van der Waals surface area (Å²) in [5.41, 5.74) is 2.52. The molecule has 0 radical (unpaired) electrons. The number of fused-ring (bicyclic) bond motifs is 3. The fourth-order valence-electron chi connectivity index (χ4n) is 3.10. The fourth-order valence-corrected chi connectivity index (χ4v) is 4.44. The number of aryl methyl sites for hydroxylation is 2. The second kappa shape index (κ2) is 5.36. The predicted octanol–water partition coefficient (Wildman–Crippen LogP) is 4.92. The van der Waals surface area contributed by atoms with Crippen LogP contribution in [0.25, 0.3) is 10.2 Å². The normalized spacial score (nSPS) is 17.5. The standard InChI is InChI=1S/C18H18N2OS/c1-11-7-8-13-15(9-11)22-18-16(13)17(19-10-20-18)21-14-6-4-3-5-12(14)2/h3-6,10-11H,7-9H2,1-2H3/t11-/m0/s1. The number of benzene rings is 1. The van der Waals surface area contributed by atoms with Crippen LogP contribution in [-0.4, -0.2) is 9.97 Å². The molecule has 0 amide bonds. The number of ether oxygens (including phenoxy) is 1. The molecular formula is C18H18N2OS. The van der Waals surface area contributed by atoms with Crippen molar-refractivity contribution in [3.8, 4) is 11.6 Å². The molecule has 4 rings (SSSR count). The topological polar surface area (TPSA) is 35.0 Å². The van der Waals surface area contributed by atoms with Crippen LogP contribution in [0.4, 0.5) is 0 Å². The third-order valence-electron chi connectivity index (χ3n) is 4.36. The summed E-state index contributed by atoms with van der Waals surface area (Å²) in [5, 5.41) is 1.12. The van der Waals surface area contributed by atoms with Gasteiger partial charge in [0, 0.05) is 4.88 Å². The van der Waals surface area contributed by atoms with Crippen LogP contribution in [-0.2, 0) is 12.8 Å². The van der Waals surface area contributed by atoms with Gasteiger partial charge >= 0.3 is 0 Å². The first-order valence-electron chi connectivity index (χ1n) is 7.71. The molecule has 3 aromatic rings. The van der Waals surface area contributed by atoms with Crippen molar-refractivity contribution < 1.29 is 4.74 Å². The summed E-state index contributed by atoms with van der Waals surface area (Å²) < 4.78 is 6.13. The van der Waals surface area contributed by atoms with Crippen LogP contribution in [0.2, 0.25) is 0 Å². The molecular weight excluding hydrogens is 292 g/mol. The van der Waals surface area contributed by atoms with Crippen molar-refractivity contribution in [1.29, 1.82) is 0 Å². The molecule has 0 saturated carbocycles. The van der Waals surface area contributed by atoms with Crippen molar-refractivity contribution in [2.24, 2.45) is 5.92 Å². The van der Waals surface area contributed by atoms with Gasteiger partial charge in [-0.05, 0) is 49.3 Å². The second-order valence-corrected chi connectivity index (χ2v) is 7.16. The van der Waals surface area contributed by atoms with E-state index in [1.165, 1.54) is 16.9 Å². The van der Waals surface area contributed by atoms with Gasteiger partial charge in [-0.15, -0.1) is 11.3 Å². The first-order chi connectivity index (χ1) is 10.7.